The Labute approximate surface area is 161 Å². The van der Waals surface area contributed by atoms with E-state index in [1.807, 2.05) is 30.3 Å². The molecule has 0 aliphatic carbocycles. The van der Waals surface area contributed by atoms with Gasteiger partial charge in [0.25, 0.3) is 0 Å². The van der Waals surface area contributed by atoms with Gasteiger partial charge >= 0.3 is 0 Å². The van der Waals surface area contributed by atoms with Crippen LogP contribution in [-0.2, 0) is 10.0 Å². The third-order valence-electron chi connectivity index (χ3n) is 5.06. The van der Waals surface area contributed by atoms with Gasteiger partial charge in [-0.1, -0.05) is 35.5 Å². The third-order valence-corrected chi connectivity index (χ3v) is 7.13. The molecular weight excluding hydrogens is 385 g/mol. The molecule has 0 bridgehead atoms. The monoisotopic (exact) mass is 405 g/mol. The van der Waals surface area contributed by atoms with Crippen molar-refractivity contribution >= 4 is 10.0 Å². The van der Waals surface area contributed by atoms with E-state index in [1.54, 1.807) is 13.8 Å². The topological polar surface area (TPSA) is 105 Å². The van der Waals surface area contributed by atoms with Crippen LogP contribution in [0.2, 0.25) is 0 Å². The average Bonchev–Trinajstić information content (AvgIpc) is 3.40. The Kier molecular flexibility index (Phi) is 4.76. The first kappa shape index (κ1) is 18.8. The highest BCUT2D eigenvalue weighted by Gasteiger charge is 2.43. The van der Waals surface area contributed by atoms with E-state index >= 15 is 0 Å². The fourth-order valence-corrected chi connectivity index (χ4v) is 5.44. The van der Waals surface area contributed by atoms with Gasteiger partial charge in [0.2, 0.25) is 10.0 Å². The van der Waals surface area contributed by atoms with Crippen LogP contribution in [0, 0.1) is 19.8 Å². The van der Waals surface area contributed by atoms with Crippen molar-refractivity contribution in [3.05, 3.63) is 47.6 Å². The molecule has 0 spiro atoms. The van der Waals surface area contributed by atoms with Gasteiger partial charge in [0.15, 0.2) is 11.6 Å². The van der Waals surface area contributed by atoms with Gasteiger partial charge < -0.3 is 4.52 Å². The zero-order valence-corrected chi connectivity index (χ0v) is 16.3. The van der Waals surface area contributed by atoms with Gasteiger partial charge in [-0.2, -0.15) is 9.40 Å². The Morgan fingerprint density at radius 2 is 2.00 bits per heavy atom. The molecule has 28 heavy (non-hydrogen) atoms. The minimum Gasteiger partial charge on any atom is -0.360 e. The van der Waals surface area contributed by atoms with Crippen LogP contribution in [0.5, 0.6) is 0 Å². The molecule has 3 aromatic rings. The lowest BCUT2D eigenvalue weighted by Crippen LogP contribution is -2.30. The molecule has 1 aliphatic rings. The first-order valence-electron chi connectivity index (χ1n) is 8.88. The third kappa shape index (κ3) is 3.12. The number of sulfonamides is 1. The van der Waals surface area contributed by atoms with Crippen molar-refractivity contribution in [3.8, 4) is 11.4 Å². The van der Waals surface area contributed by atoms with E-state index in [2.05, 4.69) is 20.3 Å². The first-order valence-corrected chi connectivity index (χ1v) is 10.3. The van der Waals surface area contributed by atoms with Gasteiger partial charge in [-0.15, -0.1) is 0 Å². The van der Waals surface area contributed by atoms with Crippen LogP contribution in [0.3, 0.4) is 0 Å². The van der Waals surface area contributed by atoms with Gasteiger partial charge in [-0.05, 0) is 13.8 Å². The van der Waals surface area contributed by atoms with E-state index in [-0.39, 0.29) is 23.7 Å². The molecule has 10 heteroatoms. The van der Waals surface area contributed by atoms with E-state index in [1.165, 1.54) is 4.31 Å². The molecule has 2 atom stereocenters. The summed E-state index contributed by atoms with van der Waals surface area (Å²) in [6, 6.07) is 9.40. The van der Waals surface area contributed by atoms with Crippen molar-refractivity contribution in [2.75, 3.05) is 19.8 Å². The second-order valence-electron chi connectivity index (χ2n) is 6.91. The van der Waals surface area contributed by atoms with Crippen LogP contribution in [0.15, 0.2) is 39.8 Å². The van der Waals surface area contributed by atoms with Crippen LogP contribution in [0.1, 0.15) is 23.2 Å². The van der Waals surface area contributed by atoms with Crippen LogP contribution in [0.4, 0.5) is 4.39 Å². The van der Waals surface area contributed by atoms with Crippen molar-refractivity contribution in [2.24, 2.45) is 5.92 Å². The van der Waals surface area contributed by atoms with Crippen LogP contribution >= 0.6 is 0 Å². The van der Waals surface area contributed by atoms with Crippen molar-refractivity contribution in [1.29, 1.82) is 0 Å². The van der Waals surface area contributed by atoms with Gasteiger partial charge in [0.05, 0.1) is 6.67 Å². The summed E-state index contributed by atoms with van der Waals surface area (Å²) in [5, 5.41) is 10.8. The van der Waals surface area contributed by atoms with Crippen LogP contribution in [0.25, 0.3) is 11.4 Å². The molecule has 1 saturated heterocycles. The molecule has 148 valence electrons. The minimum atomic E-state index is -3.84. The minimum absolute atomic E-state index is 0.0494. The Bertz CT molecular complexity index is 1060. The maximum absolute atomic E-state index is 13.7. The summed E-state index contributed by atoms with van der Waals surface area (Å²) in [6.45, 7) is 2.65. The lowest BCUT2D eigenvalue weighted by Gasteiger charge is -2.15. The number of benzene rings is 1. The zero-order valence-electron chi connectivity index (χ0n) is 15.5. The van der Waals surface area contributed by atoms with E-state index in [0.717, 1.165) is 5.56 Å². The zero-order chi connectivity index (χ0) is 19.9. The van der Waals surface area contributed by atoms with Crippen molar-refractivity contribution < 1.29 is 17.3 Å². The molecule has 1 aromatic carbocycles. The normalized spacial score (nSPS) is 20.7. The predicted molar refractivity (Wildman–Crippen MR) is 98.8 cm³/mol. The van der Waals surface area contributed by atoms with Gasteiger partial charge in [-0.25, -0.2) is 13.4 Å². The fourth-order valence-electron chi connectivity index (χ4n) is 3.62. The molecule has 3 heterocycles. The highest BCUT2D eigenvalue weighted by molar-refractivity contribution is 7.89. The van der Waals surface area contributed by atoms with E-state index in [4.69, 9.17) is 4.52 Å². The molecule has 1 N–H and O–H groups in total. The highest BCUT2D eigenvalue weighted by Crippen LogP contribution is 2.36. The second kappa shape index (κ2) is 7.10. The number of rotatable bonds is 5. The Hall–Kier alpha value is -2.59. The molecule has 0 amide bonds. The molecular formula is C18H20FN5O3S. The van der Waals surface area contributed by atoms with E-state index in [9.17, 15) is 12.8 Å². The summed E-state index contributed by atoms with van der Waals surface area (Å²) in [7, 11) is -3.84. The number of aryl methyl sites for hydroxylation is 2. The fraction of sp³-hybridized carbons (Fsp3) is 0.389. The molecule has 1 fully saturated rings. The van der Waals surface area contributed by atoms with Gasteiger partial charge in [0, 0.05) is 30.5 Å². The molecule has 1 aliphatic heterocycles. The second-order valence-corrected chi connectivity index (χ2v) is 8.78. The van der Waals surface area contributed by atoms with E-state index < -0.39 is 28.5 Å². The Morgan fingerprint density at radius 1 is 1.25 bits per heavy atom. The maximum Gasteiger partial charge on any atom is 0.248 e. The number of hydrogen-bond donors (Lipinski definition) is 1. The maximum atomic E-state index is 13.7. The standard InChI is InChI=1S/C18H20FN5O3S/c1-11-16(12(2)27-23-11)28(25,26)24-9-14(8-19)15(10-24)18-20-17(21-22-18)13-6-4-3-5-7-13/h3-7,14-15H,8-10H2,1-2H3,(H,20,21,22)/t14-,15-/m1/s1. The molecule has 0 unspecified atom stereocenters. The quantitative estimate of drug-likeness (QED) is 0.699. The summed E-state index contributed by atoms with van der Waals surface area (Å²) in [5.41, 5.74) is 1.13. The summed E-state index contributed by atoms with van der Waals surface area (Å²) in [4.78, 5) is 4.54. The van der Waals surface area contributed by atoms with Crippen LogP contribution in [-0.4, -0.2) is 52.8 Å². The molecule has 0 saturated carbocycles. The number of H-pyrrole nitrogens is 1. The summed E-state index contributed by atoms with van der Waals surface area (Å²) in [6.07, 6.45) is 0. The van der Waals surface area contributed by atoms with Gasteiger partial charge in [-0.3, -0.25) is 9.49 Å². The van der Waals surface area contributed by atoms with Crippen LogP contribution < -0.4 is 0 Å². The SMILES string of the molecule is Cc1noc(C)c1S(=O)(=O)N1C[C@@H](CF)[C@H](c2nc(-c3ccccc3)n[nH]2)C1. The van der Waals surface area contributed by atoms with Gasteiger partial charge in [0.1, 0.15) is 16.4 Å². The number of hydrogen-bond acceptors (Lipinski definition) is 6. The number of nitrogens with one attached hydrogen (secondary N) is 1. The number of alkyl halides is 1. The first-order chi connectivity index (χ1) is 13.4. The number of aromatic amines is 1. The van der Waals surface area contributed by atoms with Crippen molar-refractivity contribution in [1.82, 2.24) is 24.6 Å². The predicted octanol–water partition coefficient (Wildman–Crippen LogP) is 2.45. The smallest absolute Gasteiger partial charge is 0.248 e. The number of aromatic nitrogens is 4. The lowest BCUT2D eigenvalue weighted by atomic mass is 9.97. The van der Waals surface area contributed by atoms with Crippen molar-refractivity contribution in [2.45, 2.75) is 24.7 Å². The average molecular weight is 405 g/mol. The largest absolute Gasteiger partial charge is 0.360 e. The van der Waals surface area contributed by atoms with Crippen molar-refractivity contribution in [3.63, 3.8) is 0 Å². The Morgan fingerprint density at radius 3 is 2.64 bits per heavy atom. The summed E-state index contributed by atoms with van der Waals surface area (Å²) >= 11 is 0. The van der Waals surface area contributed by atoms with E-state index in [0.29, 0.717) is 17.3 Å². The molecule has 4 rings (SSSR count). The highest BCUT2D eigenvalue weighted by atomic mass is 32.2. The Balaban J connectivity index is 1.63. The number of nitrogens with zero attached hydrogens (tertiary/aromatic N) is 4. The molecule has 2 aromatic heterocycles. The number of halogens is 1. The summed E-state index contributed by atoms with van der Waals surface area (Å²) in [5.74, 6) is 0.291. The summed E-state index contributed by atoms with van der Waals surface area (Å²) < 4.78 is 46.1. The molecule has 0 radical (unpaired) electrons. The lowest BCUT2D eigenvalue weighted by molar-refractivity contribution is 0.345. The molecule has 8 nitrogen and oxygen atoms in total.